The van der Waals surface area contributed by atoms with Gasteiger partial charge in [-0.15, -0.1) is 0 Å². The topological polar surface area (TPSA) is 66.6 Å². The Kier molecular flexibility index (Phi) is 3.87. The number of carboxylic acids is 1. The second-order valence-electron chi connectivity index (χ2n) is 4.91. The van der Waals surface area contributed by atoms with E-state index >= 15 is 0 Å². The average molecular weight is 248 g/mol. The van der Waals surface area contributed by atoms with Crippen molar-refractivity contribution in [2.45, 2.75) is 32.2 Å². The summed E-state index contributed by atoms with van der Waals surface area (Å²) in [5, 5.41) is 8.91. The van der Waals surface area contributed by atoms with Gasteiger partial charge >= 0.3 is 5.97 Å². The van der Waals surface area contributed by atoms with Gasteiger partial charge in [-0.2, -0.15) is 0 Å². The lowest BCUT2D eigenvalue weighted by Crippen LogP contribution is -2.30. The van der Waals surface area contributed by atoms with Crippen molar-refractivity contribution in [1.82, 2.24) is 0 Å². The van der Waals surface area contributed by atoms with Crippen LogP contribution in [0.3, 0.4) is 0 Å². The van der Waals surface area contributed by atoms with Gasteiger partial charge in [0.2, 0.25) is 0 Å². The Hall–Kier alpha value is -1.55. The molecule has 1 atom stereocenters. The maximum atomic E-state index is 10.9. The van der Waals surface area contributed by atoms with Crippen LogP contribution in [0, 0.1) is 6.92 Å². The summed E-state index contributed by atoms with van der Waals surface area (Å²) in [5.41, 5.74) is 8.60. The van der Waals surface area contributed by atoms with E-state index in [4.69, 9.17) is 10.8 Å². The van der Waals surface area contributed by atoms with E-state index in [0.29, 0.717) is 5.56 Å². The van der Waals surface area contributed by atoms with Crippen molar-refractivity contribution < 1.29 is 9.90 Å². The fourth-order valence-corrected chi connectivity index (χ4v) is 2.50. The normalized spacial score (nSPS) is 17.6. The third kappa shape index (κ3) is 2.64. The molecule has 3 N–H and O–H groups in total. The molecule has 1 fully saturated rings. The smallest absolute Gasteiger partial charge is 0.325 e. The maximum absolute atomic E-state index is 10.9. The molecule has 98 valence electrons. The summed E-state index contributed by atoms with van der Waals surface area (Å²) in [6.07, 6.45) is 3.77. The van der Waals surface area contributed by atoms with Crippen LogP contribution in [0.5, 0.6) is 0 Å². The Labute approximate surface area is 107 Å². The van der Waals surface area contributed by atoms with Gasteiger partial charge in [0.1, 0.15) is 6.04 Å². The van der Waals surface area contributed by atoms with Crippen molar-refractivity contribution in [3.8, 4) is 0 Å². The fraction of sp³-hybridized carbons (Fsp3) is 0.500. The monoisotopic (exact) mass is 248 g/mol. The molecule has 0 bridgehead atoms. The summed E-state index contributed by atoms with van der Waals surface area (Å²) < 4.78 is 0. The molecule has 1 aliphatic rings. The second kappa shape index (κ2) is 5.40. The standard InChI is InChI=1S/C14H20N2O2/c1-10-9-11(13(15)14(17)18)5-6-12(10)16-7-3-2-4-8-16/h5-6,9,13H,2-4,7-8,15H2,1H3,(H,17,18)/t13-/m0/s1. The summed E-state index contributed by atoms with van der Waals surface area (Å²) in [6, 6.07) is 4.79. The van der Waals surface area contributed by atoms with Crippen LogP contribution >= 0.6 is 0 Å². The molecule has 18 heavy (non-hydrogen) atoms. The third-order valence-corrected chi connectivity index (χ3v) is 3.54. The van der Waals surface area contributed by atoms with Gasteiger partial charge in [0.05, 0.1) is 0 Å². The Morgan fingerprint density at radius 1 is 1.33 bits per heavy atom. The molecular weight excluding hydrogens is 228 g/mol. The summed E-state index contributed by atoms with van der Waals surface area (Å²) in [6.45, 7) is 4.19. The number of piperidine rings is 1. The highest BCUT2D eigenvalue weighted by atomic mass is 16.4. The molecule has 1 aliphatic heterocycles. The molecular formula is C14H20N2O2. The number of hydrogen-bond donors (Lipinski definition) is 2. The highest BCUT2D eigenvalue weighted by Crippen LogP contribution is 2.26. The van der Waals surface area contributed by atoms with E-state index in [9.17, 15) is 4.79 Å². The third-order valence-electron chi connectivity index (χ3n) is 3.54. The van der Waals surface area contributed by atoms with E-state index in [0.717, 1.165) is 18.7 Å². The number of carbonyl (C=O) groups is 1. The first-order chi connectivity index (χ1) is 8.59. The number of carboxylic acid groups (broad SMARTS) is 1. The molecule has 0 aliphatic carbocycles. The zero-order chi connectivity index (χ0) is 13.1. The first kappa shape index (κ1) is 12.9. The van der Waals surface area contributed by atoms with Crippen LogP contribution in [0.1, 0.15) is 36.4 Å². The summed E-state index contributed by atoms with van der Waals surface area (Å²) in [4.78, 5) is 13.2. The molecule has 4 heteroatoms. The lowest BCUT2D eigenvalue weighted by Gasteiger charge is -2.30. The second-order valence-corrected chi connectivity index (χ2v) is 4.91. The van der Waals surface area contributed by atoms with Crippen LogP contribution in [0.2, 0.25) is 0 Å². The number of rotatable bonds is 3. The van der Waals surface area contributed by atoms with Crippen molar-refractivity contribution in [2.24, 2.45) is 5.73 Å². The fourth-order valence-electron chi connectivity index (χ4n) is 2.50. The molecule has 0 spiro atoms. The lowest BCUT2D eigenvalue weighted by atomic mass is 10.0. The molecule has 1 aromatic carbocycles. The van der Waals surface area contributed by atoms with Gasteiger partial charge in [-0.05, 0) is 43.4 Å². The first-order valence-corrected chi connectivity index (χ1v) is 6.43. The number of nitrogens with zero attached hydrogens (tertiary/aromatic N) is 1. The number of hydrogen-bond acceptors (Lipinski definition) is 3. The number of anilines is 1. The van der Waals surface area contributed by atoms with Gasteiger partial charge in [0, 0.05) is 18.8 Å². The van der Waals surface area contributed by atoms with Crippen molar-refractivity contribution in [3.63, 3.8) is 0 Å². The van der Waals surface area contributed by atoms with E-state index in [-0.39, 0.29) is 0 Å². The SMILES string of the molecule is Cc1cc([C@H](N)C(=O)O)ccc1N1CCCCC1. The molecule has 1 aromatic rings. The Morgan fingerprint density at radius 3 is 2.56 bits per heavy atom. The van der Waals surface area contributed by atoms with E-state index in [1.165, 1.54) is 24.9 Å². The van der Waals surface area contributed by atoms with Crippen LogP contribution in [0.15, 0.2) is 18.2 Å². The van der Waals surface area contributed by atoms with Crippen molar-refractivity contribution in [1.29, 1.82) is 0 Å². The maximum Gasteiger partial charge on any atom is 0.325 e. The van der Waals surface area contributed by atoms with E-state index in [2.05, 4.69) is 4.90 Å². The minimum absolute atomic E-state index is 0.667. The van der Waals surface area contributed by atoms with E-state index < -0.39 is 12.0 Å². The lowest BCUT2D eigenvalue weighted by molar-refractivity contribution is -0.138. The zero-order valence-electron chi connectivity index (χ0n) is 10.7. The zero-order valence-corrected chi connectivity index (χ0v) is 10.7. The van der Waals surface area contributed by atoms with Crippen LogP contribution < -0.4 is 10.6 Å². The van der Waals surface area contributed by atoms with Gasteiger partial charge in [0.15, 0.2) is 0 Å². The highest BCUT2D eigenvalue weighted by molar-refractivity contribution is 5.75. The molecule has 0 unspecified atom stereocenters. The Bertz CT molecular complexity index is 439. The first-order valence-electron chi connectivity index (χ1n) is 6.43. The minimum Gasteiger partial charge on any atom is -0.480 e. The van der Waals surface area contributed by atoms with Gasteiger partial charge in [-0.3, -0.25) is 4.79 Å². The highest BCUT2D eigenvalue weighted by Gasteiger charge is 2.17. The molecule has 0 aromatic heterocycles. The summed E-state index contributed by atoms with van der Waals surface area (Å²) in [5.74, 6) is -0.986. The Balaban J connectivity index is 2.21. The molecule has 0 saturated carbocycles. The van der Waals surface area contributed by atoms with Gasteiger partial charge in [-0.25, -0.2) is 0 Å². The van der Waals surface area contributed by atoms with Crippen molar-refractivity contribution >= 4 is 11.7 Å². The molecule has 4 nitrogen and oxygen atoms in total. The van der Waals surface area contributed by atoms with Gasteiger partial charge in [0.25, 0.3) is 0 Å². The predicted molar refractivity (Wildman–Crippen MR) is 71.8 cm³/mol. The molecule has 2 rings (SSSR count). The number of benzene rings is 1. The summed E-state index contributed by atoms with van der Waals surface area (Å²) in [7, 11) is 0. The average Bonchev–Trinajstić information content (AvgIpc) is 2.38. The Morgan fingerprint density at radius 2 is 2.00 bits per heavy atom. The minimum atomic E-state index is -0.986. The molecule has 0 radical (unpaired) electrons. The van der Waals surface area contributed by atoms with Crippen molar-refractivity contribution in [2.75, 3.05) is 18.0 Å². The number of aliphatic carboxylic acids is 1. The largest absolute Gasteiger partial charge is 0.480 e. The number of aryl methyl sites for hydroxylation is 1. The summed E-state index contributed by atoms with van der Waals surface area (Å²) >= 11 is 0. The van der Waals surface area contributed by atoms with E-state index in [1.807, 2.05) is 25.1 Å². The van der Waals surface area contributed by atoms with Crippen LogP contribution in [0.4, 0.5) is 5.69 Å². The molecule has 1 saturated heterocycles. The van der Waals surface area contributed by atoms with Crippen LogP contribution in [0.25, 0.3) is 0 Å². The quantitative estimate of drug-likeness (QED) is 0.859. The van der Waals surface area contributed by atoms with Gasteiger partial charge < -0.3 is 15.7 Å². The molecule has 0 amide bonds. The molecule has 1 heterocycles. The van der Waals surface area contributed by atoms with Crippen LogP contribution in [-0.2, 0) is 4.79 Å². The van der Waals surface area contributed by atoms with E-state index in [1.54, 1.807) is 0 Å². The van der Waals surface area contributed by atoms with Crippen LogP contribution in [-0.4, -0.2) is 24.2 Å². The van der Waals surface area contributed by atoms with Gasteiger partial charge in [-0.1, -0.05) is 12.1 Å². The van der Waals surface area contributed by atoms with Crippen molar-refractivity contribution in [3.05, 3.63) is 29.3 Å². The number of nitrogens with two attached hydrogens (primary N) is 1. The predicted octanol–water partition coefficient (Wildman–Crippen LogP) is 2.07.